The van der Waals surface area contributed by atoms with Crippen LogP contribution in [0.25, 0.3) is 10.9 Å². The number of rotatable bonds is 3. The van der Waals surface area contributed by atoms with Crippen LogP contribution in [0.2, 0.25) is 0 Å². The molecule has 25 heavy (non-hydrogen) atoms. The van der Waals surface area contributed by atoms with Gasteiger partial charge in [-0.3, -0.25) is 4.79 Å². The topological polar surface area (TPSA) is 73.4 Å². The van der Waals surface area contributed by atoms with Gasteiger partial charge in [0.15, 0.2) is 0 Å². The third kappa shape index (κ3) is 2.78. The van der Waals surface area contributed by atoms with Crippen LogP contribution in [-0.4, -0.2) is 33.4 Å². The van der Waals surface area contributed by atoms with Crippen molar-refractivity contribution in [3.8, 4) is 0 Å². The van der Waals surface area contributed by atoms with Crippen LogP contribution in [-0.2, 0) is 24.2 Å². The molecule has 0 aliphatic carbocycles. The molecule has 1 aliphatic heterocycles. The van der Waals surface area contributed by atoms with Gasteiger partial charge < -0.3 is 15.0 Å². The number of nitrogens with zero attached hydrogens (tertiary/aromatic N) is 1. The Kier molecular flexibility index (Phi) is 3.76. The van der Waals surface area contributed by atoms with E-state index in [2.05, 4.69) is 11.1 Å². The molecular formula is C20H18N2O3. The lowest BCUT2D eigenvalue weighted by Gasteiger charge is -2.27. The number of carbonyl (C=O) groups is 2. The van der Waals surface area contributed by atoms with E-state index < -0.39 is 5.97 Å². The highest BCUT2D eigenvalue weighted by molar-refractivity contribution is 5.92. The number of carboxylic acid groups (broad SMARTS) is 1. The molecule has 3 aromatic rings. The summed E-state index contributed by atoms with van der Waals surface area (Å²) in [5.74, 6) is -1.04. The second-order valence-electron chi connectivity index (χ2n) is 6.33. The number of amides is 1. The van der Waals surface area contributed by atoms with Crippen molar-refractivity contribution in [1.29, 1.82) is 0 Å². The first-order chi connectivity index (χ1) is 12.1. The smallest absolute Gasteiger partial charge is 0.335 e. The largest absolute Gasteiger partial charge is 0.478 e. The van der Waals surface area contributed by atoms with E-state index >= 15 is 0 Å². The maximum atomic E-state index is 12.7. The first-order valence-electron chi connectivity index (χ1n) is 8.31. The summed E-state index contributed by atoms with van der Waals surface area (Å²) in [6.07, 6.45) is 0.920. The van der Waals surface area contributed by atoms with Gasteiger partial charge in [0.2, 0.25) is 5.91 Å². The van der Waals surface area contributed by atoms with Gasteiger partial charge >= 0.3 is 5.97 Å². The SMILES string of the molecule is O=C(O)c1ccccc1CC(=O)N1CCc2c([nH]c3ccccc23)C1. The van der Waals surface area contributed by atoms with E-state index in [-0.39, 0.29) is 17.9 Å². The lowest BCUT2D eigenvalue weighted by molar-refractivity contribution is -0.131. The van der Waals surface area contributed by atoms with Gasteiger partial charge in [0.1, 0.15) is 0 Å². The quantitative estimate of drug-likeness (QED) is 0.773. The van der Waals surface area contributed by atoms with Crippen molar-refractivity contribution in [1.82, 2.24) is 9.88 Å². The van der Waals surface area contributed by atoms with Crippen molar-refractivity contribution in [2.24, 2.45) is 0 Å². The number of aromatic amines is 1. The number of para-hydroxylation sites is 1. The van der Waals surface area contributed by atoms with Crippen LogP contribution in [0.5, 0.6) is 0 Å². The summed E-state index contributed by atoms with van der Waals surface area (Å²) in [5, 5.41) is 10.5. The van der Waals surface area contributed by atoms with Gasteiger partial charge in [-0.25, -0.2) is 4.79 Å². The molecule has 0 fully saturated rings. The van der Waals surface area contributed by atoms with Crippen molar-refractivity contribution in [2.45, 2.75) is 19.4 Å². The zero-order valence-electron chi connectivity index (χ0n) is 13.7. The van der Waals surface area contributed by atoms with Crippen molar-refractivity contribution in [2.75, 3.05) is 6.54 Å². The van der Waals surface area contributed by atoms with Gasteiger partial charge in [0, 0.05) is 23.1 Å². The van der Waals surface area contributed by atoms with Gasteiger partial charge in [0.25, 0.3) is 0 Å². The Labute approximate surface area is 144 Å². The molecule has 5 nitrogen and oxygen atoms in total. The summed E-state index contributed by atoms with van der Waals surface area (Å²) < 4.78 is 0. The van der Waals surface area contributed by atoms with Crippen molar-refractivity contribution >= 4 is 22.8 Å². The molecule has 2 aromatic carbocycles. The fourth-order valence-electron chi connectivity index (χ4n) is 3.56. The average Bonchev–Trinajstić information content (AvgIpc) is 2.99. The van der Waals surface area contributed by atoms with Crippen LogP contribution in [0.3, 0.4) is 0 Å². The third-order valence-corrected chi connectivity index (χ3v) is 4.82. The predicted octanol–water partition coefficient (Wildman–Crippen LogP) is 2.99. The number of hydrogen-bond acceptors (Lipinski definition) is 2. The van der Waals surface area contributed by atoms with Crippen molar-refractivity contribution in [3.63, 3.8) is 0 Å². The number of fused-ring (bicyclic) bond motifs is 3. The number of nitrogens with one attached hydrogen (secondary N) is 1. The van der Waals surface area contributed by atoms with E-state index in [4.69, 9.17) is 0 Å². The van der Waals surface area contributed by atoms with E-state index in [0.717, 1.165) is 17.6 Å². The zero-order valence-corrected chi connectivity index (χ0v) is 13.7. The Balaban J connectivity index is 1.56. The molecular weight excluding hydrogens is 316 g/mol. The summed E-state index contributed by atoms with van der Waals surface area (Å²) in [7, 11) is 0. The molecule has 2 N–H and O–H groups in total. The molecule has 0 radical (unpaired) electrons. The normalized spacial score (nSPS) is 13.7. The number of aromatic carboxylic acids is 1. The Hall–Kier alpha value is -3.08. The van der Waals surface area contributed by atoms with Gasteiger partial charge in [-0.1, -0.05) is 36.4 Å². The van der Waals surface area contributed by atoms with Crippen LogP contribution < -0.4 is 0 Å². The monoisotopic (exact) mass is 334 g/mol. The minimum Gasteiger partial charge on any atom is -0.478 e. The molecule has 126 valence electrons. The summed E-state index contributed by atoms with van der Waals surface area (Å²) >= 11 is 0. The Morgan fingerprint density at radius 1 is 1.08 bits per heavy atom. The predicted molar refractivity (Wildman–Crippen MR) is 94.5 cm³/mol. The third-order valence-electron chi connectivity index (χ3n) is 4.82. The number of hydrogen-bond donors (Lipinski definition) is 2. The molecule has 1 amide bonds. The molecule has 4 rings (SSSR count). The number of benzene rings is 2. The van der Waals surface area contributed by atoms with E-state index in [0.29, 0.717) is 18.7 Å². The number of carboxylic acids is 1. The molecule has 0 unspecified atom stereocenters. The molecule has 2 heterocycles. The summed E-state index contributed by atoms with van der Waals surface area (Å²) in [6, 6.07) is 14.9. The molecule has 5 heteroatoms. The second kappa shape index (κ2) is 6.09. The van der Waals surface area contributed by atoms with Crippen LogP contribution in [0.4, 0.5) is 0 Å². The molecule has 0 saturated heterocycles. The number of H-pyrrole nitrogens is 1. The van der Waals surface area contributed by atoms with Gasteiger partial charge in [-0.05, 0) is 29.7 Å². The second-order valence-corrected chi connectivity index (χ2v) is 6.33. The highest BCUT2D eigenvalue weighted by Crippen LogP contribution is 2.27. The first kappa shape index (κ1) is 15.4. The Morgan fingerprint density at radius 2 is 1.84 bits per heavy atom. The van der Waals surface area contributed by atoms with Crippen LogP contribution in [0.15, 0.2) is 48.5 Å². The van der Waals surface area contributed by atoms with Gasteiger partial charge in [-0.15, -0.1) is 0 Å². The molecule has 1 aliphatic rings. The van der Waals surface area contributed by atoms with Crippen LogP contribution in [0.1, 0.15) is 27.2 Å². The van der Waals surface area contributed by atoms with E-state index in [1.54, 1.807) is 23.1 Å². The van der Waals surface area contributed by atoms with E-state index in [1.165, 1.54) is 17.0 Å². The van der Waals surface area contributed by atoms with Crippen LogP contribution in [0, 0.1) is 0 Å². The number of aromatic nitrogens is 1. The van der Waals surface area contributed by atoms with Crippen molar-refractivity contribution in [3.05, 3.63) is 70.9 Å². The molecule has 0 bridgehead atoms. The number of carbonyl (C=O) groups excluding carboxylic acids is 1. The highest BCUT2D eigenvalue weighted by atomic mass is 16.4. The summed E-state index contributed by atoms with van der Waals surface area (Å²) in [6.45, 7) is 1.20. The summed E-state index contributed by atoms with van der Waals surface area (Å²) in [5.41, 5.74) is 4.21. The average molecular weight is 334 g/mol. The molecule has 1 aromatic heterocycles. The first-order valence-corrected chi connectivity index (χ1v) is 8.31. The lowest BCUT2D eigenvalue weighted by Crippen LogP contribution is -2.37. The maximum Gasteiger partial charge on any atom is 0.335 e. The fourth-order valence-corrected chi connectivity index (χ4v) is 3.56. The Bertz CT molecular complexity index is 974. The molecule has 0 saturated carbocycles. The standard InChI is InChI=1S/C20H18N2O3/c23-19(11-13-5-1-2-6-14(13)20(24)25)22-10-9-16-15-7-3-4-8-17(15)21-18(16)12-22/h1-8,21H,9-12H2,(H,24,25). The maximum absolute atomic E-state index is 12.7. The highest BCUT2D eigenvalue weighted by Gasteiger charge is 2.24. The molecule has 0 spiro atoms. The minimum atomic E-state index is -1.00. The minimum absolute atomic E-state index is 0.0435. The molecule has 0 atom stereocenters. The summed E-state index contributed by atoms with van der Waals surface area (Å²) in [4.78, 5) is 29.2. The Morgan fingerprint density at radius 3 is 2.68 bits per heavy atom. The van der Waals surface area contributed by atoms with Gasteiger partial charge in [0.05, 0.1) is 18.5 Å². The van der Waals surface area contributed by atoms with E-state index in [9.17, 15) is 14.7 Å². The van der Waals surface area contributed by atoms with Crippen LogP contribution >= 0.6 is 0 Å². The van der Waals surface area contributed by atoms with Crippen molar-refractivity contribution < 1.29 is 14.7 Å². The van der Waals surface area contributed by atoms with Gasteiger partial charge in [-0.2, -0.15) is 0 Å². The zero-order chi connectivity index (χ0) is 17.4. The lowest BCUT2D eigenvalue weighted by atomic mass is 10.0. The fraction of sp³-hybridized carbons (Fsp3) is 0.200. The van der Waals surface area contributed by atoms with E-state index in [1.807, 2.05) is 18.2 Å².